The maximum atomic E-state index is 12.0. The maximum absolute atomic E-state index is 12.0. The van der Waals surface area contributed by atoms with Crippen molar-refractivity contribution in [2.24, 2.45) is 0 Å². The number of hydrogen-bond donors (Lipinski definition) is 2. The minimum atomic E-state index is -0.542. The molecule has 1 aromatic heterocycles. The number of urea groups is 1. The summed E-state index contributed by atoms with van der Waals surface area (Å²) in [5, 5.41) is 8.88. The highest BCUT2D eigenvalue weighted by Crippen LogP contribution is 2.19. The number of anilines is 2. The first-order chi connectivity index (χ1) is 10.6. The monoisotopic (exact) mass is 320 g/mol. The van der Waals surface area contributed by atoms with Crippen LogP contribution in [0.5, 0.6) is 0 Å². The fourth-order valence-electron chi connectivity index (χ4n) is 1.52. The van der Waals surface area contributed by atoms with Crippen molar-refractivity contribution < 1.29 is 14.3 Å². The number of carbonyl (C=O) groups excluding carboxylic acids is 2. The molecule has 2 rings (SSSR count). The van der Waals surface area contributed by atoms with Gasteiger partial charge in [0, 0.05) is 5.69 Å². The van der Waals surface area contributed by atoms with E-state index in [4.69, 9.17) is 4.74 Å². The lowest BCUT2D eigenvalue weighted by molar-refractivity contribution is 0.0341. The molecule has 0 aliphatic rings. The van der Waals surface area contributed by atoms with Gasteiger partial charge in [0.15, 0.2) is 10.7 Å². The molecule has 2 N–H and O–H groups in total. The second-order valence-electron chi connectivity index (χ2n) is 4.52. The van der Waals surface area contributed by atoms with Gasteiger partial charge < -0.3 is 10.1 Å². The average molecular weight is 320 g/mol. The zero-order valence-electron chi connectivity index (χ0n) is 12.2. The van der Waals surface area contributed by atoms with Crippen molar-refractivity contribution in [3.63, 3.8) is 0 Å². The Hall–Kier alpha value is -2.48. The Balaban J connectivity index is 2.00. The first-order valence-corrected chi connectivity index (χ1v) is 7.54. The van der Waals surface area contributed by atoms with Crippen molar-refractivity contribution in [2.45, 2.75) is 26.4 Å². The van der Waals surface area contributed by atoms with Gasteiger partial charge in [-0.15, -0.1) is 5.10 Å². The quantitative estimate of drug-likeness (QED) is 0.826. The van der Waals surface area contributed by atoms with E-state index in [-0.39, 0.29) is 16.8 Å². The summed E-state index contributed by atoms with van der Waals surface area (Å²) in [6.45, 7) is 3.71. The lowest BCUT2D eigenvalue weighted by Gasteiger charge is -2.10. The zero-order valence-corrected chi connectivity index (χ0v) is 13.0. The Morgan fingerprint density at radius 2 is 2.00 bits per heavy atom. The van der Waals surface area contributed by atoms with Crippen LogP contribution in [0.1, 0.15) is 29.9 Å². The molecule has 0 unspecified atom stereocenters. The molecule has 0 saturated carbocycles. The minimum Gasteiger partial charge on any atom is -0.458 e. The number of esters is 1. The summed E-state index contributed by atoms with van der Waals surface area (Å²) in [5.74, 6) is -0.453. The van der Waals surface area contributed by atoms with Gasteiger partial charge in [0.05, 0.1) is 6.10 Å². The van der Waals surface area contributed by atoms with Gasteiger partial charge in [-0.2, -0.15) is 0 Å². The van der Waals surface area contributed by atoms with Gasteiger partial charge in [-0.25, -0.2) is 9.59 Å². The number of benzene rings is 1. The first-order valence-electron chi connectivity index (χ1n) is 6.76. The molecule has 116 valence electrons. The zero-order chi connectivity index (χ0) is 15.9. The van der Waals surface area contributed by atoms with Crippen LogP contribution in [0.2, 0.25) is 0 Å². The Morgan fingerprint density at radius 3 is 2.68 bits per heavy atom. The average Bonchev–Trinajstić information content (AvgIpc) is 2.96. The molecule has 2 amide bonds. The van der Waals surface area contributed by atoms with E-state index in [0.29, 0.717) is 12.1 Å². The van der Waals surface area contributed by atoms with E-state index >= 15 is 0 Å². The van der Waals surface area contributed by atoms with Crippen LogP contribution < -0.4 is 10.6 Å². The topological polar surface area (TPSA) is 93.2 Å². The summed E-state index contributed by atoms with van der Waals surface area (Å²) >= 11 is 0.880. The Morgan fingerprint density at radius 1 is 1.27 bits per heavy atom. The molecule has 1 heterocycles. The fourth-order valence-corrected chi connectivity index (χ4v) is 2.02. The largest absolute Gasteiger partial charge is 0.458 e. The number of carbonyl (C=O) groups is 2. The van der Waals surface area contributed by atoms with E-state index in [1.54, 1.807) is 31.2 Å². The fraction of sp³-hybridized carbons (Fsp3) is 0.286. The van der Waals surface area contributed by atoms with Crippen LogP contribution in [0.4, 0.5) is 16.3 Å². The predicted molar refractivity (Wildman–Crippen MR) is 84.2 cm³/mol. The normalized spacial score (nSPS) is 11.5. The van der Waals surface area contributed by atoms with Gasteiger partial charge in [-0.1, -0.05) is 29.6 Å². The number of nitrogens with one attached hydrogen (secondary N) is 2. The van der Waals surface area contributed by atoms with Gasteiger partial charge in [-0.3, -0.25) is 5.32 Å². The van der Waals surface area contributed by atoms with Crippen LogP contribution in [0.25, 0.3) is 0 Å². The van der Waals surface area contributed by atoms with Crippen LogP contribution in [0.15, 0.2) is 30.3 Å². The Labute approximate surface area is 131 Å². The van der Waals surface area contributed by atoms with Crippen LogP contribution in [0, 0.1) is 0 Å². The molecule has 0 aliphatic carbocycles. The lowest BCUT2D eigenvalue weighted by Crippen LogP contribution is -2.21. The third kappa shape index (κ3) is 4.26. The molecule has 0 aliphatic heterocycles. The number of nitrogens with zero attached hydrogens (tertiary/aromatic N) is 2. The van der Waals surface area contributed by atoms with Gasteiger partial charge in [-0.05, 0) is 37.0 Å². The first kappa shape index (κ1) is 15.9. The highest BCUT2D eigenvalue weighted by molar-refractivity contribution is 7.08. The molecule has 0 fully saturated rings. The molecule has 0 spiro atoms. The summed E-state index contributed by atoms with van der Waals surface area (Å²) in [5.41, 5.74) is 0.631. The van der Waals surface area contributed by atoms with Gasteiger partial charge in [0.1, 0.15) is 0 Å². The minimum absolute atomic E-state index is 0.0896. The van der Waals surface area contributed by atoms with E-state index in [0.717, 1.165) is 11.5 Å². The highest BCUT2D eigenvalue weighted by Gasteiger charge is 2.21. The molecular formula is C14H16N4O3S. The van der Waals surface area contributed by atoms with Crippen LogP contribution in [-0.4, -0.2) is 27.7 Å². The predicted octanol–water partition coefficient (Wildman–Crippen LogP) is 3.14. The summed E-state index contributed by atoms with van der Waals surface area (Å²) in [6.07, 6.45) is 0.496. The summed E-state index contributed by atoms with van der Waals surface area (Å²) in [4.78, 5) is 24.0. The molecular weight excluding hydrogens is 304 g/mol. The summed E-state index contributed by atoms with van der Waals surface area (Å²) in [6, 6.07) is 8.44. The number of ether oxygens (including phenoxy) is 1. The van der Waals surface area contributed by atoms with Crippen LogP contribution >= 0.6 is 11.5 Å². The maximum Gasteiger partial charge on any atom is 0.354 e. The van der Waals surface area contributed by atoms with Crippen LogP contribution in [-0.2, 0) is 4.74 Å². The lowest BCUT2D eigenvalue weighted by atomic mass is 10.3. The third-order valence-electron chi connectivity index (χ3n) is 2.82. The number of aromatic nitrogens is 2. The second kappa shape index (κ2) is 7.51. The molecule has 1 aromatic carbocycles. The standard InChI is InChI=1S/C14H16N4O3S/c1-3-9(2)21-13(19)11-12(17-18-22-11)16-14(20)15-10-7-5-4-6-8-10/h4-9H,3H2,1-2H3,(H2,15,16,20)/t9-/m0/s1. The Kier molecular flexibility index (Phi) is 5.42. The van der Waals surface area contributed by atoms with E-state index in [1.807, 2.05) is 13.0 Å². The van der Waals surface area contributed by atoms with Gasteiger partial charge >= 0.3 is 12.0 Å². The number of hydrogen-bond acceptors (Lipinski definition) is 6. The van der Waals surface area contributed by atoms with Crippen molar-refractivity contribution in [3.8, 4) is 0 Å². The smallest absolute Gasteiger partial charge is 0.354 e. The van der Waals surface area contributed by atoms with Crippen molar-refractivity contribution in [3.05, 3.63) is 35.2 Å². The molecule has 8 heteroatoms. The van der Waals surface area contributed by atoms with E-state index in [2.05, 4.69) is 20.2 Å². The van der Waals surface area contributed by atoms with E-state index in [9.17, 15) is 9.59 Å². The van der Waals surface area contributed by atoms with Crippen molar-refractivity contribution in [1.29, 1.82) is 0 Å². The van der Waals surface area contributed by atoms with E-state index in [1.165, 1.54) is 0 Å². The molecule has 0 radical (unpaired) electrons. The van der Waals surface area contributed by atoms with Crippen molar-refractivity contribution >= 4 is 35.0 Å². The number of amides is 2. The highest BCUT2D eigenvalue weighted by atomic mass is 32.1. The SMILES string of the molecule is CC[C@H](C)OC(=O)c1snnc1NC(=O)Nc1ccccc1. The third-order valence-corrected chi connectivity index (χ3v) is 3.53. The molecule has 22 heavy (non-hydrogen) atoms. The van der Waals surface area contributed by atoms with Crippen molar-refractivity contribution in [2.75, 3.05) is 10.6 Å². The van der Waals surface area contributed by atoms with E-state index < -0.39 is 12.0 Å². The molecule has 0 bridgehead atoms. The molecule has 0 saturated heterocycles. The Bertz CT molecular complexity index is 645. The second-order valence-corrected chi connectivity index (χ2v) is 5.27. The van der Waals surface area contributed by atoms with Gasteiger partial charge in [0.25, 0.3) is 0 Å². The number of para-hydroxylation sites is 1. The summed E-state index contributed by atoms with van der Waals surface area (Å²) in [7, 11) is 0. The number of rotatable bonds is 5. The molecule has 2 aromatic rings. The van der Waals surface area contributed by atoms with Gasteiger partial charge in [0.2, 0.25) is 0 Å². The van der Waals surface area contributed by atoms with Crippen LogP contribution in [0.3, 0.4) is 0 Å². The van der Waals surface area contributed by atoms with Crippen molar-refractivity contribution in [1.82, 2.24) is 9.59 Å². The molecule has 7 nitrogen and oxygen atoms in total. The molecule has 1 atom stereocenters. The summed E-state index contributed by atoms with van der Waals surface area (Å²) < 4.78 is 8.89.